The van der Waals surface area contributed by atoms with Crippen LogP contribution in [0.4, 0.5) is 0 Å². The van der Waals surface area contributed by atoms with Crippen molar-refractivity contribution in [3.8, 4) is 0 Å². The maximum Gasteiger partial charge on any atom is 0.109 e. The Morgan fingerprint density at radius 2 is 2.11 bits per heavy atom. The van der Waals surface area contributed by atoms with Crippen molar-refractivity contribution < 1.29 is 5.11 Å². The molecule has 0 saturated carbocycles. The number of aliphatic hydroxyl groups excluding tert-OH is 1. The van der Waals surface area contributed by atoms with Gasteiger partial charge in [-0.3, -0.25) is 0 Å². The molecular weight excluding hydrogens is 224 g/mol. The van der Waals surface area contributed by atoms with Gasteiger partial charge in [0.15, 0.2) is 0 Å². The number of aliphatic hydroxyl groups is 1. The molecule has 3 nitrogen and oxygen atoms in total. The van der Waals surface area contributed by atoms with Gasteiger partial charge >= 0.3 is 0 Å². The van der Waals surface area contributed by atoms with E-state index >= 15 is 0 Å². The predicted octanol–water partition coefficient (Wildman–Crippen LogP) is 3.07. The van der Waals surface area contributed by atoms with Crippen molar-refractivity contribution in [1.29, 1.82) is 0 Å². The molecule has 3 heteroatoms. The third-order valence-electron chi connectivity index (χ3n) is 3.28. The minimum Gasteiger partial charge on any atom is -0.396 e. The minimum atomic E-state index is 0.232. The molecule has 98 valence electrons. The first-order valence-electron chi connectivity index (χ1n) is 6.83. The lowest BCUT2D eigenvalue weighted by Gasteiger charge is -2.08. The standard InChI is InChI=1S/C15H22N2O/c1-3-4-9-17-14-8-7-12(2)11-13(14)16-15(17)6-5-10-18/h7-8,11,18H,3-6,9-10H2,1-2H3. The molecule has 2 rings (SSSR count). The molecule has 0 amide bonds. The number of imidazole rings is 1. The third kappa shape index (κ3) is 2.72. The van der Waals surface area contributed by atoms with Gasteiger partial charge in [0.1, 0.15) is 5.82 Å². The Hall–Kier alpha value is -1.35. The average molecular weight is 246 g/mol. The molecule has 1 N–H and O–H groups in total. The lowest BCUT2D eigenvalue weighted by Crippen LogP contribution is -2.05. The lowest BCUT2D eigenvalue weighted by atomic mass is 10.2. The highest BCUT2D eigenvalue weighted by Crippen LogP contribution is 2.19. The summed E-state index contributed by atoms with van der Waals surface area (Å²) in [4.78, 5) is 4.72. The van der Waals surface area contributed by atoms with Gasteiger partial charge < -0.3 is 9.67 Å². The van der Waals surface area contributed by atoms with Gasteiger partial charge in [-0.25, -0.2) is 4.98 Å². The van der Waals surface area contributed by atoms with E-state index in [9.17, 15) is 0 Å². The van der Waals surface area contributed by atoms with E-state index in [1.54, 1.807) is 0 Å². The molecule has 1 aromatic carbocycles. The fourth-order valence-electron chi connectivity index (χ4n) is 2.28. The van der Waals surface area contributed by atoms with Crippen molar-refractivity contribution in [1.82, 2.24) is 9.55 Å². The van der Waals surface area contributed by atoms with E-state index in [-0.39, 0.29) is 6.61 Å². The molecule has 0 aliphatic carbocycles. The van der Waals surface area contributed by atoms with E-state index < -0.39 is 0 Å². The van der Waals surface area contributed by atoms with Crippen LogP contribution in [0.25, 0.3) is 11.0 Å². The molecule has 18 heavy (non-hydrogen) atoms. The van der Waals surface area contributed by atoms with Crippen LogP contribution < -0.4 is 0 Å². The fraction of sp³-hybridized carbons (Fsp3) is 0.533. The smallest absolute Gasteiger partial charge is 0.109 e. The lowest BCUT2D eigenvalue weighted by molar-refractivity contribution is 0.287. The van der Waals surface area contributed by atoms with Crippen molar-refractivity contribution >= 4 is 11.0 Å². The molecule has 0 aliphatic rings. The summed E-state index contributed by atoms with van der Waals surface area (Å²) in [5, 5.41) is 8.98. The van der Waals surface area contributed by atoms with Crippen LogP contribution in [0.5, 0.6) is 0 Å². The summed E-state index contributed by atoms with van der Waals surface area (Å²) >= 11 is 0. The van der Waals surface area contributed by atoms with Gasteiger partial charge in [0.05, 0.1) is 11.0 Å². The Kier molecular flexibility index (Phi) is 4.37. The van der Waals surface area contributed by atoms with Crippen molar-refractivity contribution in [2.75, 3.05) is 6.61 Å². The highest BCUT2D eigenvalue weighted by atomic mass is 16.2. The van der Waals surface area contributed by atoms with E-state index in [0.717, 1.165) is 30.7 Å². The summed E-state index contributed by atoms with van der Waals surface area (Å²) in [6.07, 6.45) is 4.00. The van der Waals surface area contributed by atoms with Crippen LogP contribution in [0.3, 0.4) is 0 Å². The van der Waals surface area contributed by atoms with Crippen molar-refractivity contribution in [3.05, 3.63) is 29.6 Å². The second-order valence-electron chi connectivity index (χ2n) is 4.85. The van der Waals surface area contributed by atoms with Gasteiger partial charge in [-0.05, 0) is 37.5 Å². The molecule has 0 radical (unpaired) electrons. The van der Waals surface area contributed by atoms with Crippen LogP contribution in [0, 0.1) is 6.92 Å². The van der Waals surface area contributed by atoms with Gasteiger partial charge in [0.2, 0.25) is 0 Å². The van der Waals surface area contributed by atoms with Gasteiger partial charge in [-0.2, -0.15) is 0 Å². The summed E-state index contributed by atoms with van der Waals surface area (Å²) in [6, 6.07) is 6.44. The molecule has 1 heterocycles. The number of nitrogens with zero attached hydrogens (tertiary/aromatic N) is 2. The Morgan fingerprint density at radius 3 is 2.83 bits per heavy atom. The van der Waals surface area contributed by atoms with E-state index in [1.165, 1.54) is 23.9 Å². The van der Waals surface area contributed by atoms with Crippen LogP contribution in [0.15, 0.2) is 18.2 Å². The van der Waals surface area contributed by atoms with Gasteiger partial charge in [-0.15, -0.1) is 0 Å². The van der Waals surface area contributed by atoms with E-state index in [0.29, 0.717) is 0 Å². The largest absolute Gasteiger partial charge is 0.396 e. The molecule has 1 aromatic heterocycles. The third-order valence-corrected chi connectivity index (χ3v) is 3.28. The zero-order chi connectivity index (χ0) is 13.0. The molecule has 0 atom stereocenters. The zero-order valence-corrected chi connectivity index (χ0v) is 11.3. The van der Waals surface area contributed by atoms with Crippen LogP contribution in [-0.4, -0.2) is 21.3 Å². The quantitative estimate of drug-likeness (QED) is 0.850. The minimum absolute atomic E-state index is 0.232. The summed E-state index contributed by atoms with van der Waals surface area (Å²) in [7, 11) is 0. The average Bonchev–Trinajstić information content (AvgIpc) is 2.70. The van der Waals surface area contributed by atoms with Crippen molar-refractivity contribution in [2.45, 2.75) is 46.1 Å². The molecule has 0 unspecified atom stereocenters. The molecule has 0 aliphatic heterocycles. The SMILES string of the molecule is CCCCn1c(CCCO)nc2cc(C)ccc21. The molecule has 0 spiro atoms. The number of unbranched alkanes of at least 4 members (excludes halogenated alkanes) is 1. The van der Waals surface area contributed by atoms with Gasteiger partial charge in [-0.1, -0.05) is 19.4 Å². The van der Waals surface area contributed by atoms with Crippen LogP contribution >= 0.6 is 0 Å². The summed E-state index contributed by atoms with van der Waals surface area (Å²) < 4.78 is 2.31. The number of hydrogen-bond acceptors (Lipinski definition) is 2. The highest BCUT2D eigenvalue weighted by Gasteiger charge is 2.09. The first-order valence-corrected chi connectivity index (χ1v) is 6.83. The summed E-state index contributed by atoms with van der Waals surface area (Å²) in [6.45, 7) is 5.56. The number of rotatable bonds is 6. The Labute approximate surface area is 108 Å². The van der Waals surface area contributed by atoms with Crippen molar-refractivity contribution in [2.24, 2.45) is 0 Å². The monoisotopic (exact) mass is 246 g/mol. The maximum atomic E-state index is 8.98. The molecule has 0 saturated heterocycles. The number of benzene rings is 1. The molecule has 2 aromatic rings. The summed E-state index contributed by atoms with van der Waals surface area (Å²) in [5.41, 5.74) is 3.55. The predicted molar refractivity (Wildman–Crippen MR) is 74.8 cm³/mol. The van der Waals surface area contributed by atoms with Crippen LogP contribution in [-0.2, 0) is 13.0 Å². The number of aryl methyl sites for hydroxylation is 3. The number of fused-ring (bicyclic) bond motifs is 1. The zero-order valence-electron chi connectivity index (χ0n) is 11.3. The number of hydrogen-bond donors (Lipinski definition) is 1. The topological polar surface area (TPSA) is 38.0 Å². The van der Waals surface area contributed by atoms with Gasteiger partial charge in [0.25, 0.3) is 0 Å². The second-order valence-corrected chi connectivity index (χ2v) is 4.85. The van der Waals surface area contributed by atoms with E-state index in [1.807, 2.05) is 0 Å². The maximum absolute atomic E-state index is 8.98. The number of aromatic nitrogens is 2. The van der Waals surface area contributed by atoms with Crippen LogP contribution in [0.1, 0.15) is 37.6 Å². The Balaban J connectivity index is 2.39. The Bertz CT molecular complexity index is 516. The van der Waals surface area contributed by atoms with Gasteiger partial charge in [0, 0.05) is 19.6 Å². The van der Waals surface area contributed by atoms with Crippen LogP contribution in [0.2, 0.25) is 0 Å². The highest BCUT2D eigenvalue weighted by molar-refractivity contribution is 5.76. The first-order chi connectivity index (χ1) is 8.76. The molecule has 0 bridgehead atoms. The molecular formula is C15H22N2O. The Morgan fingerprint density at radius 1 is 1.28 bits per heavy atom. The van der Waals surface area contributed by atoms with E-state index in [4.69, 9.17) is 10.1 Å². The first kappa shape index (κ1) is 13.1. The second kappa shape index (κ2) is 6.01. The molecule has 0 fully saturated rings. The van der Waals surface area contributed by atoms with Crippen molar-refractivity contribution in [3.63, 3.8) is 0 Å². The fourth-order valence-corrected chi connectivity index (χ4v) is 2.28. The normalized spacial score (nSPS) is 11.3. The summed E-state index contributed by atoms with van der Waals surface area (Å²) in [5.74, 6) is 1.11. The van der Waals surface area contributed by atoms with E-state index in [2.05, 4.69) is 36.6 Å².